The SMILES string of the molecule is Cc1ncncc1-c1ccc(NC(=O)C(C)N(C)C(=O)OC(C)(C)C)nc1C#C[Si](C(C)C)(C(C)C)C(C)C. The van der Waals surface area contributed by atoms with Crippen LogP contribution in [0.2, 0.25) is 16.6 Å². The summed E-state index contributed by atoms with van der Waals surface area (Å²) in [5.74, 6) is 3.42. The summed E-state index contributed by atoms with van der Waals surface area (Å²) in [4.78, 5) is 40.2. The zero-order valence-corrected chi connectivity index (χ0v) is 26.6. The molecule has 0 saturated heterocycles. The minimum absolute atomic E-state index is 0.359. The number of amides is 2. The molecule has 0 aliphatic heterocycles. The van der Waals surface area contributed by atoms with E-state index in [0.29, 0.717) is 28.1 Å². The molecule has 2 amide bonds. The van der Waals surface area contributed by atoms with Gasteiger partial charge in [0.1, 0.15) is 37.6 Å². The summed E-state index contributed by atoms with van der Waals surface area (Å²) in [7, 11) is -0.501. The molecule has 8 nitrogen and oxygen atoms in total. The average molecular weight is 552 g/mol. The molecule has 0 aromatic carbocycles. The first-order valence-electron chi connectivity index (χ1n) is 13.6. The van der Waals surface area contributed by atoms with E-state index >= 15 is 0 Å². The number of nitrogens with one attached hydrogen (secondary N) is 1. The highest BCUT2D eigenvalue weighted by atomic mass is 28.3. The summed E-state index contributed by atoms with van der Waals surface area (Å²) in [6.45, 7) is 22.5. The Labute approximate surface area is 235 Å². The molecular weight excluding hydrogens is 506 g/mol. The molecule has 212 valence electrons. The molecule has 2 rings (SSSR count). The molecule has 1 unspecified atom stereocenters. The molecule has 2 aromatic rings. The van der Waals surface area contributed by atoms with E-state index in [1.165, 1.54) is 18.3 Å². The van der Waals surface area contributed by atoms with Crippen molar-refractivity contribution in [3.63, 3.8) is 0 Å². The Kier molecular flexibility index (Phi) is 10.4. The molecule has 0 aliphatic carbocycles. The molecule has 2 heterocycles. The van der Waals surface area contributed by atoms with Gasteiger partial charge in [-0.05, 0) is 63.4 Å². The van der Waals surface area contributed by atoms with Crippen LogP contribution in [0, 0.1) is 18.4 Å². The van der Waals surface area contributed by atoms with E-state index < -0.39 is 25.8 Å². The van der Waals surface area contributed by atoms with Crippen LogP contribution in [-0.2, 0) is 9.53 Å². The maximum Gasteiger partial charge on any atom is 0.410 e. The van der Waals surface area contributed by atoms with Crippen molar-refractivity contribution in [2.75, 3.05) is 12.4 Å². The van der Waals surface area contributed by atoms with Crippen LogP contribution in [-0.4, -0.2) is 58.6 Å². The van der Waals surface area contributed by atoms with Crippen molar-refractivity contribution in [1.82, 2.24) is 19.9 Å². The lowest BCUT2D eigenvalue weighted by Gasteiger charge is -2.38. The number of likely N-dealkylation sites (N-methyl/N-ethyl adjacent to an activating group) is 1. The van der Waals surface area contributed by atoms with Crippen molar-refractivity contribution in [3.05, 3.63) is 36.0 Å². The molecule has 0 spiro atoms. The van der Waals surface area contributed by atoms with Crippen molar-refractivity contribution >= 4 is 25.9 Å². The second-order valence-corrected chi connectivity index (χ2v) is 17.6. The number of anilines is 1. The van der Waals surface area contributed by atoms with E-state index in [-0.39, 0.29) is 5.91 Å². The Morgan fingerprint density at radius 1 is 1.00 bits per heavy atom. The van der Waals surface area contributed by atoms with Gasteiger partial charge in [0.25, 0.3) is 0 Å². The highest BCUT2D eigenvalue weighted by Gasteiger charge is 2.41. The van der Waals surface area contributed by atoms with E-state index in [0.717, 1.165) is 16.8 Å². The number of carbonyl (C=O) groups excluding carboxylic acids is 2. The van der Waals surface area contributed by atoms with Crippen LogP contribution in [0.1, 0.15) is 80.6 Å². The number of carbonyl (C=O) groups is 2. The number of rotatable bonds is 7. The third kappa shape index (κ3) is 7.66. The van der Waals surface area contributed by atoms with E-state index in [9.17, 15) is 9.59 Å². The minimum atomic E-state index is -2.04. The number of hydrogen-bond acceptors (Lipinski definition) is 6. The zero-order valence-electron chi connectivity index (χ0n) is 25.6. The first kappa shape index (κ1) is 32.0. The Morgan fingerprint density at radius 2 is 1.59 bits per heavy atom. The van der Waals surface area contributed by atoms with E-state index in [2.05, 4.69) is 68.3 Å². The smallest absolute Gasteiger partial charge is 0.410 e. The molecule has 0 saturated carbocycles. The van der Waals surface area contributed by atoms with Crippen LogP contribution < -0.4 is 5.32 Å². The second-order valence-electron chi connectivity index (χ2n) is 12.0. The summed E-state index contributed by atoms with van der Waals surface area (Å²) < 4.78 is 5.40. The fourth-order valence-electron chi connectivity index (χ4n) is 5.00. The Morgan fingerprint density at radius 3 is 2.10 bits per heavy atom. The summed E-state index contributed by atoms with van der Waals surface area (Å²) in [5.41, 5.74) is 7.51. The van der Waals surface area contributed by atoms with E-state index in [1.54, 1.807) is 40.0 Å². The molecule has 39 heavy (non-hydrogen) atoms. The van der Waals surface area contributed by atoms with Gasteiger partial charge in [0.15, 0.2) is 0 Å². The first-order valence-corrected chi connectivity index (χ1v) is 15.8. The van der Waals surface area contributed by atoms with Gasteiger partial charge in [-0.15, -0.1) is 5.54 Å². The lowest BCUT2D eigenvalue weighted by atomic mass is 10.0. The van der Waals surface area contributed by atoms with Crippen molar-refractivity contribution in [2.24, 2.45) is 0 Å². The van der Waals surface area contributed by atoms with Gasteiger partial charge in [0, 0.05) is 30.1 Å². The summed E-state index contributed by atoms with van der Waals surface area (Å²) in [5, 5.41) is 2.85. The molecule has 9 heteroatoms. The Balaban J connectivity index is 2.54. The van der Waals surface area contributed by atoms with Gasteiger partial charge in [-0.25, -0.2) is 19.7 Å². The summed E-state index contributed by atoms with van der Waals surface area (Å²) in [6, 6.07) is 2.86. The van der Waals surface area contributed by atoms with Crippen molar-refractivity contribution < 1.29 is 14.3 Å². The highest BCUT2D eigenvalue weighted by molar-refractivity contribution is 6.90. The number of hydrogen-bond donors (Lipinski definition) is 1. The van der Waals surface area contributed by atoms with Crippen molar-refractivity contribution in [3.8, 4) is 22.6 Å². The van der Waals surface area contributed by atoms with Gasteiger partial charge < -0.3 is 10.1 Å². The lowest BCUT2D eigenvalue weighted by molar-refractivity contribution is -0.120. The molecule has 0 aliphatic rings. The number of aromatic nitrogens is 3. The van der Waals surface area contributed by atoms with Crippen LogP contribution >= 0.6 is 0 Å². The van der Waals surface area contributed by atoms with E-state index in [1.807, 2.05) is 13.0 Å². The van der Waals surface area contributed by atoms with Gasteiger partial charge in [0.2, 0.25) is 5.91 Å². The zero-order chi connectivity index (χ0) is 29.7. The maximum absolute atomic E-state index is 13.1. The topological polar surface area (TPSA) is 97.3 Å². The number of nitrogens with zero attached hydrogens (tertiary/aromatic N) is 4. The monoisotopic (exact) mass is 551 g/mol. The van der Waals surface area contributed by atoms with Crippen LogP contribution in [0.5, 0.6) is 0 Å². The third-order valence-electron chi connectivity index (χ3n) is 7.25. The molecular formula is C30H45N5O3Si. The molecule has 0 radical (unpaired) electrons. The van der Waals surface area contributed by atoms with Crippen LogP contribution in [0.4, 0.5) is 10.6 Å². The fraction of sp³-hybridized carbons (Fsp3) is 0.567. The predicted octanol–water partition coefficient (Wildman–Crippen LogP) is 6.61. The number of ether oxygens (including phenoxy) is 1. The molecule has 0 fully saturated rings. The van der Waals surface area contributed by atoms with Gasteiger partial charge in [-0.2, -0.15) is 0 Å². The van der Waals surface area contributed by atoms with Crippen LogP contribution in [0.15, 0.2) is 24.7 Å². The second kappa shape index (κ2) is 12.7. The standard InChI is InChI=1S/C30H45N5O3Si/c1-19(2)39(20(3)4,21(5)6)16-15-26-24(25-17-31-18-32-22(25)7)13-14-27(33-26)34-28(36)23(8)35(12)29(37)38-30(9,10)11/h13-14,17-21,23H,1-12H3,(H,33,34,36). The molecule has 0 bridgehead atoms. The highest BCUT2D eigenvalue weighted by Crippen LogP contribution is 2.41. The number of aryl methyl sites for hydroxylation is 1. The average Bonchev–Trinajstić information content (AvgIpc) is 2.82. The minimum Gasteiger partial charge on any atom is -0.444 e. The van der Waals surface area contributed by atoms with Crippen molar-refractivity contribution in [2.45, 2.75) is 104 Å². The fourth-order valence-corrected chi connectivity index (χ4v) is 10.2. The summed E-state index contributed by atoms with van der Waals surface area (Å²) in [6.07, 6.45) is 2.71. The summed E-state index contributed by atoms with van der Waals surface area (Å²) >= 11 is 0. The van der Waals surface area contributed by atoms with Crippen molar-refractivity contribution in [1.29, 1.82) is 0 Å². The predicted molar refractivity (Wildman–Crippen MR) is 160 cm³/mol. The quantitative estimate of drug-likeness (QED) is 0.307. The largest absolute Gasteiger partial charge is 0.444 e. The molecule has 1 N–H and O–H groups in total. The number of pyridine rings is 1. The lowest BCUT2D eigenvalue weighted by Crippen LogP contribution is -2.45. The van der Waals surface area contributed by atoms with Gasteiger partial charge >= 0.3 is 6.09 Å². The van der Waals surface area contributed by atoms with Gasteiger partial charge in [0.05, 0.1) is 0 Å². The van der Waals surface area contributed by atoms with Gasteiger partial charge in [-0.3, -0.25) is 9.69 Å². The Bertz CT molecular complexity index is 1220. The van der Waals surface area contributed by atoms with Crippen LogP contribution in [0.25, 0.3) is 11.1 Å². The Hall–Kier alpha value is -3.25. The van der Waals surface area contributed by atoms with Gasteiger partial charge in [-0.1, -0.05) is 47.5 Å². The molecule has 2 aromatic heterocycles. The normalized spacial score (nSPS) is 12.7. The third-order valence-corrected chi connectivity index (χ3v) is 13.5. The first-order chi connectivity index (χ1) is 18.0. The van der Waals surface area contributed by atoms with E-state index in [4.69, 9.17) is 9.72 Å². The molecule has 1 atom stereocenters. The van der Waals surface area contributed by atoms with Crippen LogP contribution in [0.3, 0.4) is 0 Å². The maximum atomic E-state index is 13.1.